The molecule has 0 fully saturated rings. The van der Waals surface area contributed by atoms with E-state index in [1.807, 2.05) is 25.1 Å². The molecular formula is C12H15NO2. The highest BCUT2D eigenvalue weighted by molar-refractivity contribution is 5.89. The molecule has 0 saturated heterocycles. The minimum atomic E-state index is -0.231. The number of rotatable bonds is 2. The van der Waals surface area contributed by atoms with E-state index in [-0.39, 0.29) is 5.97 Å². The summed E-state index contributed by atoms with van der Waals surface area (Å²) in [7, 11) is 0. The van der Waals surface area contributed by atoms with Crippen LogP contribution in [0.1, 0.15) is 28.4 Å². The lowest BCUT2D eigenvalue weighted by atomic mass is 9.99. The molecule has 1 aliphatic heterocycles. The van der Waals surface area contributed by atoms with Gasteiger partial charge in [-0.05, 0) is 43.1 Å². The number of hydrogen-bond donors (Lipinski definition) is 1. The third-order valence-electron chi connectivity index (χ3n) is 2.60. The standard InChI is InChI=1S/C12H15NO2/c1-2-15-12(14)10-4-3-9-5-6-13-8-11(9)7-10/h3-4,7,13H,2,5-6,8H2,1H3. The topological polar surface area (TPSA) is 38.3 Å². The first-order chi connectivity index (χ1) is 7.31. The van der Waals surface area contributed by atoms with Crippen molar-refractivity contribution in [2.45, 2.75) is 19.9 Å². The van der Waals surface area contributed by atoms with E-state index in [0.717, 1.165) is 19.5 Å². The van der Waals surface area contributed by atoms with E-state index in [0.29, 0.717) is 12.2 Å². The Morgan fingerprint density at radius 1 is 1.47 bits per heavy atom. The SMILES string of the molecule is CCOC(=O)c1ccc2c(c1)CNCC2. The van der Waals surface area contributed by atoms with Crippen molar-refractivity contribution in [3.05, 3.63) is 34.9 Å². The zero-order chi connectivity index (χ0) is 10.7. The van der Waals surface area contributed by atoms with Gasteiger partial charge in [-0.2, -0.15) is 0 Å². The zero-order valence-electron chi connectivity index (χ0n) is 8.88. The smallest absolute Gasteiger partial charge is 0.338 e. The summed E-state index contributed by atoms with van der Waals surface area (Å²) < 4.78 is 4.96. The number of ether oxygens (including phenoxy) is 1. The third kappa shape index (κ3) is 2.18. The van der Waals surface area contributed by atoms with E-state index in [2.05, 4.69) is 5.32 Å². The van der Waals surface area contributed by atoms with Crippen molar-refractivity contribution < 1.29 is 9.53 Å². The van der Waals surface area contributed by atoms with Gasteiger partial charge in [-0.3, -0.25) is 0 Å². The van der Waals surface area contributed by atoms with Gasteiger partial charge in [-0.1, -0.05) is 6.07 Å². The van der Waals surface area contributed by atoms with Crippen molar-refractivity contribution in [1.29, 1.82) is 0 Å². The third-order valence-corrected chi connectivity index (χ3v) is 2.60. The van der Waals surface area contributed by atoms with Gasteiger partial charge < -0.3 is 10.1 Å². The van der Waals surface area contributed by atoms with Crippen LogP contribution in [0.15, 0.2) is 18.2 Å². The molecule has 1 aliphatic rings. The van der Waals surface area contributed by atoms with Crippen LogP contribution in [0.3, 0.4) is 0 Å². The Hall–Kier alpha value is -1.35. The maximum absolute atomic E-state index is 11.5. The molecule has 0 spiro atoms. The van der Waals surface area contributed by atoms with Crippen molar-refractivity contribution in [2.24, 2.45) is 0 Å². The molecule has 1 aromatic carbocycles. The number of carbonyl (C=O) groups is 1. The highest BCUT2D eigenvalue weighted by Gasteiger charge is 2.12. The highest BCUT2D eigenvalue weighted by Crippen LogP contribution is 2.16. The van der Waals surface area contributed by atoms with Crippen LogP contribution in [0.25, 0.3) is 0 Å². The first-order valence-electron chi connectivity index (χ1n) is 5.31. The van der Waals surface area contributed by atoms with Crippen molar-refractivity contribution in [1.82, 2.24) is 5.32 Å². The molecule has 0 aromatic heterocycles. The summed E-state index contributed by atoms with van der Waals surface area (Å²) in [6.45, 7) is 4.11. The van der Waals surface area contributed by atoms with Crippen molar-refractivity contribution in [3.8, 4) is 0 Å². The van der Waals surface area contributed by atoms with Gasteiger partial charge >= 0.3 is 5.97 Å². The fourth-order valence-corrected chi connectivity index (χ4v) is 1.82. The molecule has 0 aliphatic carbocycles. The van der Waals surface area contributed by atoms with Crippen molar-refractivity contribution in [3.63, 3.8) is 0 Å². The van der Waals surface area contributed by atoms with Crippen LogP contribution in [-0.4, -0.2) is 19.1 Å². The summed E-state index contributed by atoms with van der Waals surface area (Å²) in [5.74, 6) is -0.231. The molecule has 80 valence electrons. The lowest BCUT2D eigenvalue weighted by Crippen LogP contribution is -2.24. The van der Waals surface area contributed by atoms with Crippen molar-refractivity contribution >= 4 is 5.97 Å². The van der Waals surface area contributed by atoms with Gasteiger partial charge in [0.05, 0.1) is 12.2 Å². The molecule has 0 radical (unpaired) electrons. The first kappa shape index (κ1) is 10.2. The average molecular weight is 205 g/mol. The van der Waals surface area contributed by atoms with E-state index in [1.54, 1.807) is 0 Å². The molecule has 1 heterocycles. The van der Waals surface area contributed by atoms with Crippen LogP contribution in [0, 0.1) is 0 Å². The Balaban J connectivity index is 2.24. The van der Waals surface area contributed by atoms with Crippen LogP contribution in [0.5, 0.6) is 0 Å². The second kappa shape index (κ2) is 4.45. The number of hydrogen-bond acceptors (Lipinski definition) is 3. The lowest BCUT2D eigenvalue weighted by Gasteiger charge is -2.17. The summed E-state index contributed by atoms with van der Waals surface area (Å²) in [6, 6.07) is 5.81. The Bertz CT molecular complexity index is 374. The number of benzene rings is 1. The van der Waals surface area contributed by atoms with Crippen LogP contribution in [0.2, 0.25) is 0 Å². The Morgan fingerprint density at radius 3 is 3.13 bits per heavy atom. The second-order valence-corrected chi connectivity index (χ2v) is 3.63. The van der Waals surface area contributed by atoms with E-state index in [4.69, 9.17) is 4.74 Å². The maximum atomic E-state index is 11.5. The predicted octanol–water partition coefficient (Wildman–Crippen LogP) is 1.51. The zero-order valence-corrected chi connectivity index (χ0v) is 8.88. The Labute approximate surface area is 89.4 Å². The van der Waals surface area contributed by atoms with Crippen LogP contribution < -0.4 is 5.32 Å². The van der Waals surface area contributed by atoms with Crippen molar-refractivity contribution in [2.75, 3.05) is 13.2 Å². The highest BCUT2D eigenvalue weighted by atomic mass is 16.5. The quantitative estimate of drug-likeness (QED) is 0.744. The number of fused-ring (bicyclic) bond motifs is 1. The minimum Gasteiger partial charge on any atom is -0.462 e. The summed E-state index contributed by atoms with van der Waals surface area (Å²) in [5, 5.41) is 3.29. The fraction of sp³-hybridized carbons (Fsp3) is 0.417. The van der Waals surface area contributed by atoms with Crippen LogP contribution in [-0.2, 0) is 17.7 Å². The Kier molecular flexibility index (Phi) is 3.02. The number of esters is 1. The minimum absolute atomic E-state index is 0.231. The molecule has 0 bridgehead atoms. The van der Waals surface area contributed by atoms with Crippen LogP contribution >= 0.6 is 0 Å². The van der Waals surface area contributed by atoms with E-state index < -0.39 is 0 Å². The second-order valence-electron chi connectivity index (χ2n) is 3.63. The molecule has 0 unspecified atom stereocenters. The number of nitrogens with one attached hydrogen (secondary N) is 1. The molecular weight excluding hydrogens is 190 g/mol. The van der Waals surface area contributed by atoms with Gasteiger partial charge in [0.25, 0.3) is 0 Å². The molecule has 2 rings (SSSR count). The molecule has 15 heavy (non-hydrogen) atoms. The average Bonchev–Trinajstić information content (AvgIpc) is 2.29. The van der Waals surface area contributed by atoms with E-state index >= 15 is 0 Å². The maximum Gasteiger partial charge on any atom is 0.338 e. The lowest BCUT2D eigenvalue weighted by molar-refractivity contribution is 0.0526. The molecule has 1 N–H and O–H groups in total. The normalized spacial score (nSPS) is 14.5. The van der Waals surface area contributed by atoms with Gasteiger partial charge in [0.1, 0.15) is 0 Å². The van der Waals surface area contributed by atoms with Gasteiger partial charge in [-0.25, -0.2) is 4.79 Å². The monoisotopic (exact) mass is 205 g/mol. The molecule has 0 saturated carbocycles. The summed E-state index contributed by atoms with van der Waals surface area (Å²) >= 11 is 0. The molecule has 0 amide bonds. The van der Waals surface area contributed by atoms with Crippen LogP contribution in [0.4, 0.5) is 0 Å². The summed E-state index contributed by atoms with van der Waals surface area (Å²) in [6.07, 6.45) is 1.04. The molecule has 3 nitrogen and oxygen atoms in total. The largest absolute Gasteiger partial charge is 0.462 e. The van der Waals surface area contributed by atoms with E-state index in [9.17, 15) is 4.79 Å². The van der Waals surface area contributed by atoms with Gasteiger partial charge in [0, 0.05) is 6.54 Å². The predicted molar refractivity (Wildman–Crippen MR) is 57.8 cm³/mol. The van der Waals surface area contributed by atoms with Gasteiger partial charge in [-0.15, -0.1) is 0 Å². The Morgan fingerprint density at radius 2 is 2.33 bits per heavy atom. The van der Waals surface area contributed by atoms with E-state index in [1.165, 1.54) is 11.1 Å². The fourth-order valence-electron chi connectivity index (χ4n) is 1.82. The summed E-state index contributed by atoms with van der Waals surface area (Å²) in [4.78, 5) is 11.5. The number of carbonyl (C=O) groups excluding carboxylic acids is 1. The molecule has 3 heteroatoms. The summed E-state index contributed by atoms with van der Waals surface area (Å²) in [5.41, 5.74) is 3.20. The molecule has 1 aromatic rings. The van der Waals surface area contributed by atoms with Gasteiger partial charge in [0.2, 0.25) is 0 Å². The van der Waals surface area contributed by atoms with Gasteiger partial charge in [0.15, 0.2) is 0 Å². The molecule has 0 atom stereocenters. The first-order valence-corrected chi connectivity index (χ1v) is 5.31.